The van der Waals surface area contributed by atoms with Crippen molar-refractivity contribution in [2.24, 2.45) is 0 Å². The molecule has 4 aromatic rings. The molecule has 0 atom stereocenters. The number of nitrogens with one attached hydrogen (secondary N) is 2. The molecule has 1 amide bonds. The summed E-state index contributed by atoms with van der Waals surface area (Å²) in [5.74, 6) is -0.224. The lowest BCUT2D eigenvalue weighted by Gasteiger charge is -2.13. The number of rotatable bonds is 6. The van der Waals surface area contributed by atoms with Crippen LogP contribution in [-0.2, 0) is 13.1 Å². The minimum Gasteiger partial charge on any atom is -0.380 e. The van der Waals surface area contributed by atoms with E-state index in [2.05, 4.69) is 27.8 Å². The topological polar surface area (TPSA) is 54.0 Å². The molecule has 1 aromatic heterocycles. The first-order valence-electron chi connectivity index (χ1n) is 9.39. The number of pyridine rings is 1. The molecule has 0 fully saturated rings. The van der Waals surface area contributed by atoms with Crippen molar-refractivity contribution in [1.29, 1.82) is 0 Å². The van der Waals surface area contributed by atoms with Gasteiger partial charge in [-0.25, -0.2) is 4.98 Å². The highest BCUT2D eigenvalue weighted by Crippen LogP contribution is 2.26. The molecule has 0 saturated carbocycles. The van der Waals surface area contributed by atoms with Gasteiger partial charge >= 0.3 is 0 Å². The second-order valence-corrected chi connectivity index (χ2v) is 7.16. The van der Waals surface area contributed by atoms with E-state index in [1.54, 1.807) is 12.1 Å². The predicted molar refractivity (Wildman–Crippen MR) is 118 cm³/mol. The monoisotopic (exact) mass is 401 g/mol. The van der Waals surface area contributed by atoms with Crippen LogP contribution in [0.4, 0.5) is 5.69 Å². The highest BCUT2D eigenvalue weighted by Gasteiger charge is 2.12. The molecule has 144 valence electrons. The number of fused-ring (bicyclic) bond motifs is 1. The summed E-state index contributed by atoms with van der Waals surface area (Å²) in [6.07, 6.45) is 0. The van der Waals surface area contributed by atoms with Crippen LogP contribution in [0.5, 0.6) is 0 Å². The van der Waals surface area contributed by atoms with Gasteiger partial charge in [-0.05, 0) is 35.4 Å². The van der Waals surface area contributed by atoms with Crippen molar-refractivity contribution in [2.75, 3.05) is 5.32 Å². The number of nitrogens with zero attached hydrogens (tertiary/aromatic N) is 1. The van der Waals surface area contributed by atoms with Crippen molar-refractivity contribution >= 4 is 34.1 Å². The number of aromatic nitrogens is 1. The highest BCUT2D eigenvalue weighted by molar-refractivity contribution is 6.31. The minimum atomic E-state index is -0.224. The van der Waals surface area contributed by atoms with Crippen LogP contribution >= 0.6 is 11.6 Å². The van der Waals surface area contributed by atoms with E-state index >= 15 is 0 Å². The van der Waals surface area contributed by atoms with Crippen molar-refractivity contribution in [2.45, 2.75) is 13.1 Å². The lowest BCUT2D eigenvalue weighted by Crippen LogP contribution is -2.24. The number of amides is 1. The van der Waals surface area contributed by atoms with Gasteiger partial charge in [-0.1, -0.05) is 72.3 Å². The molecule has 0 aliphatic rings. The summed E-state index contributed by atoms with van der Waals surface area (Å²) in [6.45, 7) is 1.09. The van der Waals surface area contributed by atoms with Gasteiger partial charge in [0.05, 0.1) is 5.52 Å². The third-order valence-electron chi connectivity index (χ3n) is 4.63. The van der Waals surface area contributed by atoms with Crippen molar-refractivity contribution in [3.63, 3.8) is 0 Å². The Morgan fingerprint density at radius 2 is 1.48 bits per heavy atom. The fourth-order valence-electron chi connectivity index (χ4n) is 3.13. The standard InChI is InChI=1S/C24H20ClN3O/c25-19-11-12-20-21(26-15-17-7-3-1-4-8-17)14-23(28-22(20)13-19)24(29)27-16-18-9-5-2-6-10-18/h1-14H,15-16H2,(H,26,28)(H,27,29). The van der Waals surface area contributed by atoms with E-state index in [0.717, 1.165) is 22.2 Å². The molecule has 0 bridgehead atoms. The molecule has 4 rings (SSSR count). The van der Waals surface area contributed by atoms with Gasteiger partial charge < -0.3 is 10.6 Å². The van der Waals surface area contributed by atoms with Crippen molar-refractivity contribution < 1.29 is 4.79 Å². The zero-order valence-corrected chi connectivity index (χ0v) is 16.5. The summed E-state index contributed by atoms with van der Waals surface area (Å²) in [7, 11) is 0. The maximum absolute atomic E-state index is 12.7. The predicted octanol–water partition coefficient (Wildman–Crippen LogP) is 5.43. The second kappa shape index (κ2) is 8.76. The third-order valence-corrected chi connectivity index (χ3v) is 4.86. The molecule has 0 saturated heterocycles. The number of anilines is 1. The van der Waals surface area contributed by atoms with Crippen LogP contribution in [0.15, 0.2) is 84.9 Å². The van der Waals surface area contributed by atoms with Crippen LogP contribution < -0.4 is 10.6 Å². The van der Waals surface area contributed by atoms with Gasteiger partial charge in [0.1, 0.15) is 5.69 Å². The smallest absolute Gasteiger partial charge is 0.270 e. The van der Waals surface area contributed by atoms with Crippen LogP contribution in [0.2, 0.25) is 5.02 Å². The van der Waals surface area contributed by atoms with E-state index < -0.39 is 0 Å². The highest BCUT2D eigenvalue weighted by atomic mass is 35.5. The molecule has 0 aliphatic heterocycles. The quantitative estimate of drug-likeness (QED) is 0.453. The average molecular weight is 402 g/mol. The maximum Gasteiger partial charge on any atom is 0.270 e. The van der Waals surface area contributed by atoms with E-state index in [1.165, 1.54) is 0 Å². The number of hydrogen-bond acceptors (Lipinski definition) is 3. The molecule has 0 unspecified atom stereocenters. The van der Waals surface area contributed by atoms with E-state index in [-0.39, 0.29) is 5.91 Å². The largest absolute Gasteiger partial charge is 0.380 e. The summed E-state index contributed by atoms with van der Waals surface area (Å²) >= 11 is 6.16. The van der Waals surface area contributed by atoms with Crippen LogP contribution in [0.1, 0.15) is 21.6 Å². The SMILES string of the molecule is O=C(NCc1ccccc1)c1cc(NCc2ccccc2)c2ccc(Cl)cc2n1. The van der Waals surface area contributed by atoms with Crippen LogP contribution in [0, 0.1) is 0 Å². The first-order chi connectivity index (χ1) is 14.2. The number of carbonyl (C=O) groups is 1. The van der Waals surface area contributed by atoms with Crippen LogP contribution in [0.3, 0.4) is 0 Å². The Kier molecular flexibility index (Phi) is 5.73. The lowest BCUT2D eigenvalue weighted by atomic mass is 10.1. The first kappa shape index (κ1) is 19.0. The summed E-state index contributed by atoms with van der Waals surface area (Å²) < 4.78 is 0. The Bertz CT molecular complexity index is 1130. The molecular weight excluding hydrogens is 382 g/mol. The Hall–Kier alpha value is -3.37. The molecular formula is C24H20ClN3O. The van der Waals surface area contributed by atoms with Gasteiger partial charge in [0, 0.05) is 29.2 Å². The second-order valence-electron chi connectivity index (χ2n) is 6.72. The zero-order chi connectivity index (χ0) is 20.1. The van der Waals surface area contributed by atoms with Gasteiger partial charge in [-0.3, -0.25) is 4.79 Å². The zero-order valence-electron chi connectivity index (χ0n) is 15.7. The molecule has 29 heavy (non-hydrogen) atoms. The van der Waals surface area contributed by atoms with Gasteiger partial charge in [0.15, 0.2) is 0 Å². The molecule has 0 radical (unpaired) electrons. The lowest BCUT2D eigenvalue weighted by molar-refractivity contribution is 0.0946. The van der Waals surface area contributed by atoms with Gasteiger partial charge in [-0.15, -0.1) is 0 Å². The van der Waals surface area contributed by atoms with Crippen LogP contribution in [0.25, 0.3) is 10.9 Å². The normalized spacial score (nSPS) is 10.7. The first-order valence-corrected chi connectivity index (χ1v) is 9.77. The molecule has 4 nitrogen and oxygen atoms in total. The van der Waals surface area contributed by atoms with Gasteiger partial charge in [0.2, 0.25) is 0 Å². The van der Waals surface area contributed by atoms with E-state index in [1.807, 2.05) is 60.7 Å². The van der Waals surface area contributed by atoms with Gasteiger partial charge in [-0.2, -0.15) is 0 Å². The van der Waals surface area contributed by atoms with E-state index in [4.69, 9.17) is 11.6 Å². The molecule has 0 aliphatic carbocycles. The Balaban J connectivity index is 1.60. The number of benzene rings is 3. The third kappa shape index (κ3) is 4.73. The average Bonchev–Trinajstić information content (AvgIpc) is 2.76. The number of carbonyl (C=O) groups excluding carboxylic acids is 1. The molecule has 0 spiro atoms. The maximum atomic E-state index is 12.7. The number of halogens is 1. The van der Waals surface area contributed by atoms with Crippen molar-refractivity contribution in [3.8, 4) is 0 Å². The van der Waals surface area contributed by atoms with Crippen LogP contribution in [-0.4, -0.2) is 10.9 Å². The fourth-order valence-corrected chi connectivity index (χ4v) is 3.29. The fraction of sp³-hybridized carbons (Fsp3) is 0.0833. The molecule has 1 heterocycles. The molecule has 5 heteroatoms. The van der Waals surface area contributed by atoms with E-state index in [9.17, 15) is 4.79 Å². The summed E-state index contributed by atoms with van der Waals surface area (Å²) in [5.41, 5.74) is 4.07. The minimum absolute atomic E-state index is 0.224. The summed E-state index contributed by atoms with van der Waals surface area (Å²) in [6, 6.07) is 27.2. The molecule has 3 aromatic carbocycles. The summed E-state index contributed by atoms with van der Waals surface area (Å²) in [5, 5.41) is 7.87. The molecule has 2 N–H and O–H groups in total. The van der Waals surface area contributed by atoms with Gasteiger partial charge in [0.25, 0.3) is 5.91 Å². The number of hydrogen-bond donors (Lipinski definition) is 2. The summed E-state index contributed by atoms with van der Waals surface area (Å²) in [4.78, 5) is 17.3. The van der Waals surface area contributed by atoms with Crippen molar-refractivity contribution in [3.05, 3.63) is 107 Å². The Morgan fingerprint density at radius 1 is 0.828 bits per heavy atom. The van der Waals surface area contributed by atoms with E-state index in [0.29, 0.717) is 29.3 Å². The Labute approximate surface area is 174 Å². The van der Waals surface area contributed by atoms with Crippen molar-refractivity contribution in [1.82, 2.24) is 10.3 Å². The Morgan fingerprint density at radius 3 is 2.17 bits per heavy atom.